The van der Waals surface area contributed by atoms with Crippen molar-refractivity contribution in [1.82, 2.24) is 5.16 Å². The highest BCUT2D eigenvalue weighted by molar-refractivity contribution is 5.32. The van der Waals surface area contributed by atoms with E-state index in [0.717, 1.165) is 11.8 Å². The summed E-state index contributed by atoms with van der Waals surface area (Å²) in [6, 6.07) is 0. The molecule has 2 aliphatic rings. The SMILES string of the molecule is c1noc2c1[C@H]1CC[C@H]2C1. The van der Waals surface area contributed by atoms with Gasteiger partial charge in [0.15, 0.2) is 0 Å². The number of hydrogen-bond acceptors (Lipinski definition) is 2. The molecular formula is C8H9NO. The third-order valence-electron chi connectivity index (χ3n) is 2.87. The Morgan fingerprint density at radius 3 is 3.20 bits per heavy atom. The number of rotatable bonds is 0. The van der Waals surface area contributed by atoms with Crippen LogP contribution in [0.5, 0.6) is 0 Å². The van der Waals surface area contributed by atoms with Crippen LogP contribution >= 0.6 is 0 Å². The molecule has 0 aromatic carbocycles. The third-order valence-corrected chi connectivity index (χ3v) is 2.87. The number of nitrogens with zero attached hydrogens (tertiary/aromatic N) is 1. The predicted molar refractivity (Wildman–Crippen MR) is 35.8 cm³/mol. The molecule has 0 amide bonds. The molecule has 1 fully saturated rings. The molecular weight excluding hydrogens is 126 g/mol. The van der Waals surface area contributed by atoms with Gasteiger partial charge in [-0.2, -0.15) is 0 Å². The maximum absolute atomic E-state index is 5.16. The molecule has 1 saturated carbocycles. The van der Waals surface area contributed by atoms with Gasteiger partial charge in [0.25, 0.3) is 0 Å². The van der Waals surface area contributed by atoms with Crippen LogP contribution in [0, 0.1) is 0 Å². The van der Waals surface area contributed by atoms with E-state index < -0.39 is 0 Å². The summed E-state index contributed by atoms with van der Waals surface area (Å²) < 4.78 is 5.16. The number of fused-ring (bicyclic) bond motifs is 5. The molecule has 2 aliphatic carbocycles. The van der Waals surface area contributed by atoms with Gasteiger partial charge in [-0.1, -0.05) is 5.16 Å². The van der Waals surface area contributed by atoms with Gasteiger partial charge in [-0.15, -0.1) is 0 Å². The van der Waals surface area contributed by atoms with E-state index in [1.54, 1.807) is 0 Å². The van der Waals surface area contributed by atoms with Crippen LogP contribution in [-0.4, -0.2) is 5.16 Å². The summed E-state index contributed by atoms with van der Waals surface area (Å²) in [4.78, 5) is 0. The average Bonchev–Trinajstić information content (AvgIpc) is 2.60. The number of hydrogen-bond donors (Lipinski definition) is 0. The topological polar surface area (TPSA) is 26.0 Å². The highest BCUT2D eigenvalue weighted by atomic mass is 16.5. The van der Waals surface area contributed by atoms with Crippen LogP contribution in [-0.2, 0) is 0 Å². The molecule has 0 unspecified atom stereocenters. The minimum absolute atomic E-state index is 0.725. The first-order valence-corrected chi connectivity index (χ1v) is 3.89. The molecule has 10 heavy (non-hydrogen) atoms. The molecule has 0 aliphatic heterocycles. The Labute approximate surface area is 59.2 Å². The maximum Gasteiger partial charge on any atom is 0.143 e. The van der Waals surface area contributed by atoms with Crippen LogP contribution in [0.2, 0.25) is 0 Å². The van der Waals surface area contributed by atoms with Gasteiger partial charge in [-0.3, -0.25) is 0 Å². The van der Waals surface area contributed by atoms with Crippen molar-refractivity contribution in [2.75, 3.05) is 0 Å². The van der Waals surface area contributed by atoms with Gasteiger partial charge in [0.2, 0.25) is 0 Å². The predicted octanol–water partition coefficient (Wildman–Crippen LogP) is 2.04. The molecule has 2 heteroatoms. The Morgan fingerprint density at radius 2 is 2.30 bits per heavy atom. The standard InChI is InChI=1S/C8H9NO/c1-2-6-3-5(1)7-4-9-10-8(6)7/h4-6H,1-3H2/t5-,6-/m0/s1. The van der Waals surface area contributed by atoms with Crippen LogP contribution in [0.4, 0.5) is 0 Å². The van der Waals surface area contributed by atoms with Gasteiger partial charge < -0.3 is 4.52 Å². The zero-order chi connectivity index (χ0) is 6.55. The first kappa shape index (κ1) is 4.94. The lowest BCUT2D eigenvalue weighted by atomic mass is 9.99. The van der Waals surface area contributed by atoms with Gasteiger partial charge in [0, 0.05) is 11.5 Å². The quantitative estimate of drug-likeness (QED) is 0.544. The van der Waals surface area contributed by atoms with Crippen molar-refractivity contribution in [2.45, 2.75) is 31.1 Å². The fourth-order valence-corrected chi connectivity index (χ4v) is 2.38. The summed E-state index contributed by atoms with van der Waals surface area (Å²) in [5.74, 6) is 2.71. The lowest BCUT2D eigenvalue weighted by Gasteiger charge is -2.04. The Bertz CT molecular complexity index is 241. The third kappa shape index (κ3) is 0.405. The van der Waals surface area contributed by atoms with Crippen LogP contribution < -0.4 is 0 Å². The summed E-state index contributed by atoms with van der Waals surface area (Å²) in [5.41, 5.74) is 1.40. The molecule has 0 N–H and O–H groups in total. The van der Waals surface area contributed by atoms with Crippen molar-refractivity contribution < 1.29 is 4.52 Å². The Kier molecular flexibility index (Phi) is 0.712. The van der Waals surface area contributed by atoms with E-state index >= 15 is 0 Å². The second-order valence-corrected chi connectivity index (χ2v) is 3.35. The van der Waals surface area contributed by atoms with Crippen LogP contribution in [0.25, 0.3) is 0 Å². The fraction of sp³-hybridized carbons (Fsp3) is 0.625. The Morgan fingerprint density at radius 1 is 1.40 bits per heavy atom. The van der Waals surface area contributed by atoms with Crippen molar-refractivity contribution >= 4 is 0 Å². The van der Waals surface area contributed by atoms with Gasteiger partial charge in [0.05, 0.1) is 6.20 Å². The Hall–Kier alpha value is -0.790. The molecule has 2 bridgehead atoms. The molecule has 0 spiro atoms. The molecule has 1 aromatic heterocycles. The number of aromatic nitrogens is 1. The first-order chi connectivity index (χ1) is 4.95. The minimum atomic E-state index is 0.725. The van der Waals surface area contributed by atoms with E-state index in [0.29, 0.717) is 0 Å². The molecule has 2 atom stereocenters. The van der Waals surface area contributed by atoms with Crippen LogP contribution in [0.1, 0.15) is 42.4 Å². The lowest BCUT2D eigenvalue weighted by molar-refractivity contribution is 0.363. The van der Waals surface area contributed by atoms with Crippen LogP contribution in [0.15, 0.2) is 10.7 Å². The zero-order valence-electron chi connectivity index (χ0n) is 5.71. The lowest BCUT2D eigenvalue weighted by Crippen LogP contribution is -1.92. The highest BCUT2D eigenvalue weighted by Gasteiger charge is 2.40. The summed E-state index contributed by atoms with van der Waals surface area (Å²) in [5, 5.41) is 3.81. The van der Waals surface area contributed by atoms with E-state index in [4.69, 9.17) is 4.52 Å². The first-order valence-electron chi connectivity index (χ1n) is 3.89. The van der Waals surface area contributed by atoms with Gasteiger partial charge >= 0.3 is 0 Å². The molecule has 3 rings (SSSR count). The van der Waals surface area contributed by atoms with Gasteiger partial charge in [0.1, 0.15) is 5.76 Å². The van der Waals surface area contributed by atoms with E-state index in [1.807, 2.05) is 6.20 Å². The molecule has 1 heterocycles. The maximum atomic E-state index is 5.16. The van der Waals surface area contributed by atoms with E-state index in [2.05, 4.69) is 5.16 Å². The second-order valence-electron chi connectivity index (χ2n) is 3.35. The van der Waals surface area contributed by atoms with Gasteiger partial charge in [-0.05, 0) is 25.2 Å². The highest BCUT2D eigenvalue weighted by Crippen LogP contribution is 2.52. The zero-order valence-corrected chi connectivity index (χ0v) is 5.71. The monoisotopic (exact) mass is 135 g/mol. The van der Waals surface area contributed by atoms with Gasteiger partial charge in [-0.25, -0.2) is 0 Å². The molecule has 2 nitrogen and oxygen atoms in total. The minimum Gasteiger partial charge on any atom is -0.361 e. The van der Waals surface area contributed by atoms with E-state index in [9.17, 15) is 0 Å². The van der Waals surface area contributed by atoms with Crippen molar-refractivity contribution in [3.63, 3.8) is 0 Å². The van der Waals surface area contributed by atoms with Crippen molar-refractivity contribution in [3.05, 3.63) is 17.5 Å². The second kappa shape index (κ2) is 1.44. The summed E-state index contributed by atoms with van der Waals surface area (Å²) in [6.45, 7) is 0. The molecule has 0 saturated heterocycles. The molecule has 1 aromatic rings. The normalized spacial score (nSPS) is 34.8. The Balaban J connectivity index is 2.25. The van der Waals surface area contributed by atoms with Crippen molar-refractivity contribution in [1.29, 1.82) is 0 Å². The smallest absolute Gasteiger partial charge is 0.143 e. The molecule has 52 valence electrons. The average molecular weight is 135 g/mol. The van der Waals surface area contributed by atoms with E-state index in [1.165, 1.54) is 30.6 Å². The van der Waals surface area contributed by atoms with Crippen LogP contribution in [0.3, 0.4) is 0 Å². The van der Waals surface area contributed by atoms with Crippen molar-refractivity contribution in [2.24, 2.45) is 0 Å². The summed E-state index contributed by atoms with van der Waals surface area (Å²) in [6.07, 6.45) is 5.92. The summed E-state index contributed by atoms with van der Waals surface area (Å²) in [7, 11) is 0. The fourth-order valence-electron chi connectivity index (χ4n) is 2.38. The molecule has 0 radical (unpaired) electrons. The van der Waals surface area contributed by atoms with Crippen molar-refractivity contribution in [3.8, 4) is 0 Å². The van der Waals surface area contributed by atoms with E-state index in [-0.39, 0.29) is 0 Å². The largest absolute Gasteiger partial charge is 0.361 e. The summed E-state index contributed by atoms with van der Waals surface area (Å²) >= 11 is 0.